The number of hydrogen-bond acceptors (Lipinski definition) is 4. The van der Waals surface area contributed by atoms with E-state index in [-0.39, 0.29) is 11.9 Å². The van der Waals surface area contributed by atoms with Gasteiger partial charge in [-0.15, -0.1) is 0 Å². The highest BCUT2D eigenvalue weighted by Crippen LogP contribution is 2.19. The van der Waals surface area contributed by atoms with Crippen LogP contribution in [-0.4, -0.2) is 46.9 Å². The summed E-state index contributed by atoms with van der Waals surface area (Å²) in [7, 11) is 0. The maximum atomic E-state index is 12.4. The zero-order valence-corrected chi connectivity index (χ0v) is 13.3. The van der Waals surface area contributed by atoms with E-state index < -0.39 is 0 Å². The molecule has 1 aliphatic heterocycles. The number of rotatable bonds is 5. The molecule has 1 amide bonds. The van der Waals surface area contributed by atoms with Crippen LogP contribution in [0.3, 0.4) is 0 Å². The summed E-state index contributed by atoms with van der Waals surface area (Å²) in [5, 5.41) is 7.16. The van der Waals surface area contributed by atoms with Gasteiger partial charge in [0.2, 0.25) is 5.91 Å². The molecule has 23 heavy (non-hydrogen) atoms. The molecule has 1 fully saturated rings. The van der Waals surface area contributed by atoms with Crippen molar-refractivity contribution in [3.63, 3.8) is 0 Å². The van der Waals surface area contributed by atoms with Crippen LogP contribution in [0.25, 0.3) is 0 Å². The Balaban J connectivity index is 1.68. The van der Waals surface area contributed by atoms with Gasteiger partial charge in [0.05, 0.1) is 13.2 Å². The number of anilines is 1. The van der Waals surface area contributed by atoms with Gasteiger partial charge in [-0.05, 0) is 24.6 Å². The highest BCUT2D eigenvalue weighted by Gasteiger charge is 2.17. The fraction of sp³-hybridized carbons (Fsp3) is 0.412. The van der Waals surface area contributed by atoms with Gasteiger partial charge in [-0.2, -0.15) is 5.10 Å². The van der Waals surface area contributed by atoms with Crippen molar-refractivity contribution in [2.24, 2.45) is 0 Å². The van der Waals surface area contributed by atoms with Crippen molar-refractivity contribution < 1.29 is 9.53 Å². The minimum atomic E-state index is -0.346. The maximum absolute atomic E-state index is 12.4. The van der Waals surface area contributed by atoms with Gasteiger partial charge in [0, 0.05) is 37.7 Å². The first-order valence-electron chi connectivity index (χ1n) is 7.92. The van der Waals surface area contributed by atoms with Crippen LogP contribution in [0.15, 0.2) is 42.7 Å². The second kappa shape index (κ2) is 7.39. The molecule has 0 spiro atoms. The fourth-order valence-corrected chi connectivity index (χ4v) is 2.65. The van der Waals surface area contributed by atoms with E-state index in [1.807, 2.05) is 31.2 Å². The van der Waals surface area contributed by atoms with Crippen LogP contribution in [0.5, 0.6) is 0 Å². The Bertz CT molecular complexity index is 636. The van der Waals surface area contributed by atoms with E-state index in [4.69, 9.17) is 4.74 Å². The Morgan fingerprint density at radius 2 is 2.09 bits per heavy atom. The van der Waals surface area contributed by atoms with Gasteiger partial charge >= 0.3 is 0 Å². The van der Waals surface area contributed by atoms with E-state index in [1.54, 1.807) is 17.1 Å². The van der Waals surface area contributed by atoms with E-state index >= 15 is 0 Å². The molecule has 1 unspecified atom stereocenters. The third-order valence-electron chi connectivity index (χ3n) is 4.07. The molecule has 0 saturated carbocycles. The van der Waals surface area contributed by atoms with Crippen molar-refractivity contribution in [2.45, 2.75) is 19.5 Å². The molecule has 1 atom stereocenters. The van der Waals surface area contributed by atoms with Gasteiger partial charge in [-0.25, -0.2) is 0 Å². The lowest BCUT2D eigenvalue weighted by Crippen LogP contribution is -2.36. The monoisotopic (exact) mass is 314 g/mol. The van der Waals surface area contributed by atoms with Crippen molar-refractivity contribution in [3.8, 4) is 0 Å². The summed E-state index contributed by atoms with van der Waals surface area (Å²) < 4.78 is 7.04. The lowest BCUT2D eigenvalue weighted by molar-refractivity contribution is -0.119. The van der Waals surface area contributed by atoms with Crippen LogP contribution in [0.1, 0.15) is 18.5 Å². The molecule has 3 rings (SSSR count). The molecular weight excluding hydrogens is 292 g/mol. The van der Waals surface area contributed by atoms with Crippen molar-refractivity contribution in [3.05, 3.63) is 48.3 Å². The maximum Gasteiger partial charge on any atom is 0.248 e. The second-order valence-electron chi connectivity index (χ2n) is 5.70. The van der Waals surface area contributed by atoms with Crippen LogP contribution < -0.4 is 5.32 Å². The number of benzene rings is 1. The molecule has 122 valence electrons. The van der Waals surface area contributed by atoms with Crippen molar-refractivity contribution in [1.82, 2.24) is 14.7 Å². The number of nitrogens with one attached hydrogen (secondary N) is 1. The number of aromatic nitrogens is 2. The molecule has 1 aliphatic rings. The molecule has 1 aromatic heterocycles. The van der Waals surface area contributed by atoms with E-state index in [1.165, 1.54) is 0 Å². The molecule has 1 aromatic carbocycles. The van der Waals surface area contributed by atoms with Gasteiger partial charge in [0.25, 0.3) is 0 Å². The molecule has 2 aromatic rings. The average molecular weight is 314 g/mol. The predicted molar refractivity (Wildman–Crippen MR) is 88.1 cm³/mol. The number of carbonyl (C=O) groups excluding carboxylic acids is 1. The number of hydrogen-bond donors (Lipinski definition) is 1. The normalized spacial score (nSPS) is 16.9. The molecule has 0 bridgehead atoms. The summed E-state index contributed by atoms with van der Waals surface area (Å²) in [4.78, 5) is 14.8. The van der Waals surface area contributed by atoms with Crippen LogP contribution in [0.2, 0.25) is 0 Å². The number of morpholine rings is 1. The van der Waals surface area contributed by atoms with Gasteiger partial charge in [-0.3, -0.25) is 14.4 Å². The van der Waals surface area contributed by atoms with Gasteiger partial charge < -0.3 is 10.1 Å². The average Bonchev–Trinajstić information content (AvgIpc) is 3.11. The summed E-state index contributed by atoms with van der Waals surface area (Å²) in [6, 6.07) is 9.42. The summed E-state index contributed by atoms with van der Waals surface area (Å²) in [6.07, 6.45) is 3.47. The minimum absolute atomic E-state index is 0.0665. The number of amides is 1. The Hall–Kier alpha value is -2.18. The first kappa shape index (κ1) is 15.7. The first-order chi connectivity index (χ1) is 11.2. The molecule has 1 saturated heterocycles. The molecular formula is C17H22N4O2. The van der Waals surface area contributed by atoms with E-state index in [2.05, 4.69) is 21.4 Å². The zero-order chi connectivity index (χ0) is 16.1. The summed E-state index contributed by atoms with van der Waals surface area (Å²) in [5.74, 6) is -0.0665. The van der Waals surface area contributed by atoms with E-state index in [9.17, 15) is 4.79 Å². The lowest BCUT2D eigenvalue weighted by Gasteiger charge is -2.27. The molecule has 6 nitrogen and oxygen atoms in total. The summed E-state index contributed by atoms with van der Waals surface area (Å²) >= 11 is 0. The van der Waals surface area contributed by atoms with Crippen molar-refractivity contribution >= 4 is 11.6 Å². The Labute approximate surface area is 136 Å². The summed E-state index contributed by atoms with van der Waals surface area (Å²) in [5.41, 5.74) is 1.98. The Morgan fingerprint density at radius 3 is 2.83 bits per heavy atom. The van der Waals surface area contributed by atoms with Gasteiger partial charge in [0.15, 0.2) is 0 Å². The van der Waals surface area contributed by atoms with Crippen LogP contribution in [0.4, 0.5) is 5.69 Å². The zero-order valence-electron chi connectivity index (χ0n) is 13.3. The SMILES string of the molecule is CC(C(=O)Nc1ccccc1CN1CCOCC1)n1cccn1. The standard InChI is InChI=1S/C17H22N4O2/c1-14(21-8-4-7-18-21)17(22)19-16-6-3-2-5-15(16)13-20-9-11-23-12-10-20/h2-8,14H,9-13H2,1H3,(H,19,22). The van der Waals surface area contributed by atoms with Gasteiger partial charge in [0.1, 0.15) is 6.04 Å². The highest BCUT2D eigenvalue weighted by molar-refractivity contribution is 5.94. The minimum Gasteiger partial charge on any atom is -0.379 e. The number of para-hydroxylation sites is 1. The predicted octanol–water partition coefficient (Wildman–Crippen LogP) is 1.92. The Morgan fingerprint density at radius 1 is 1.30 bits per heavy atom. The van der Waals surface area contributed by atoms with Crippen molar-refractivity contribution in [1.29, 1.82) is 0 Å². The van der Waals surface area contributed by atoms with E-state index in [0.717, 1.165) is 44.1 Å². The van der Waals surface area contributed by atoms with E-state index in [0.29, 0.717) is 0 Å². The highest BCUT2D eigenvalue weighted by atomic mass is 16.5. The number of carbonyl (C=O) groups is 1. The first-order valence-corrected chi connectivity index (χ1v) is 7.92. The summed E-state index contributed by atoms with van der Waals surface area (Å²) in [6.45, 7) is 6.04. The van der Waals surface area contributed by atoms with Crippen LogP contribution >= 0.6 is 0 Å². The number of ether oxygens (including phenoxy) is 1. The smallest absolute Gasteiger partial charge is 0.248 e. The van der Waals surface area contributed by atoms with Crippen LogP contribution in [-0.2, 0) is 16.1 Å². The molecule has 2 heterocycles. The van der Waals surface area contributed by atoms with Crippen LogP contribution in [0, 0.1) is 0 Å². The third-order valence-corrected chi connectivity index (χ3v) is 4.07. The molecule has 1 N–H and O–H groups in total. The fourth-order valence-electron chi connectivity index (χ4n) is 2.65. The number of nitrogens with zero attached hydrogens (tertiary/aromatic N) is 3. The van der Waals surface area contributed by atoms with Crippen molar-refractivity contribution in [2.75, 3.05) is 31.6 Å². The third kappa shape index (κ3) is 3.97. The second-order valence-corrected chi connectivity index (χ2v) is 5.70. The largest absolute Gasteiger partial charge is 0.379 e. The molecule has 6 heteroatoms. The Kier molecular flexibility index (Phi) is 5.05. The lowest BCUT2D eigenvalue weighted by atomic mass is 10.1. The quantitative estimate of drug-likeness (QED) is 0.916. The van der Waals surface area contributed by atoms with Gasteiger partial charge in [-0.1, -0.05) is 18.2 Å². The molecule has 0 radical (unpaired) electrons. The molecule has 0 aliphatic carbocycles. The topological polar surface area (TPSA) is 59.4 Å².